The molecule has 0 saturated carbocycles. The Bertz CT molecular complexity index is 1140. The number of hydrogen-bond donors (Lipinski definition) is 1. The number of nitrogens with zero attached hydrogens (tertiary/aromatic N) is 2. The fraction of sp³-hybridized carbons (Fsp3) is 0.154. The SMILES string of the molecule is CCNC(=O)COc1ccc(/C=N/N=C(/C(=O)c2ccccc2)c2ccccc2)cc1OC. The summed E-state index contributed by atoms with van der Waals surface area (Å²) < 4.78 is 10.9. The molecule has 1 N–H and O–H groups in total. The van der Waals surface area contributed by atoms with E-state index in [0.29, 0.717) is 34.7 Å². The maximum Gasteiger partial charge on any atom is 0.257 e. The lowest BCUT2D eigenvalue weighted by Gasteiger charge is -2.11. The molecule has 3 aromatic carbocycles. The van der Waals surface area contributed by atoms with Crippen LogP contribution in [0.2, 0.25) is 0 Å². The van der Waals surface area contributed by atoms with Crippen LogP contribution in [0.25, 0.3) is 0 Å². The van der Waals surface area contributed by atoms with Gasteiger partial charge in [-0.2, -0.15) is 5.10 Å². The van der Waals surface area contributed by atoms with E-state index >= 15 is 0 Å². The number of benzene rings is 3. The zero-order valence-electron chi connectivity index (χ0n) is 18.5. The van der Waals surface area contributed by atoms with Gasteiger partial charge < -0.3 is 14.8 Å². The number of ether oxygens (including phenoxy) is 2. The van der Waals surface area contributed by atoms with E-state index in [1.165, 1.54) is 13.3 Å². The molecule has 0 heterocycles. The van der Waals surface area contributed by atoms with Gasteiger partial charge >= 0.3 is 0 Å². The average Bonchev–Trinajstić information content (AvgIpc) is 2.86. The lowest BCUT2D eigenvalue weighted by Crippen LogP contribution is -2.28. The Morgan fingerprint density at radius 3 is 2.21 bits per heavy atom. The summed E-state index contributed by atoms with van der Waals surface area (Å²) in [4.78, 5) is 24.7. The van der Waals surface area contributed by atoms with Crippen LogP contribution >= 0.6 is 0 Å². The van der Waals surface area contributed by atoms with Crippen LogP contribution in [0.5, 0.6) is 11.5 Å². The molecule has 0 unspecified atom stereocenters. The number of Topliss-reactive ketones (excluding diaryl/α,β-unsaturated/α-hetero) is 1. The number of methoxy groups -OCH3 is 1. The molecule has 0 aromatic heterocycles. The average molecular weight is 444 g/mol. The van der Waals surface area contributed by atoms with Crippen LogP contribution < -0.4 is 14.8 Å². The van der Waals surface area contributed by atoms with Gasteiger partial charge in [0.2, 0.25) is 5.78 Å². The molecule has 7 heteroatoms. The highest BCUT2D eigenvalue weighted by Crippen LogP contribution is 2.27. The number of nitrogens with one attached hydrogen (secondary N) is 1. The molecule has 3 aromatic rings. The number of ketones is 1. The van der Waals surface area contributed by atoms with E-state index in [4.69, 9.17) is 9.47 Å². The summed E-state index contributed by atoms with van der Waals surface area (Å²) in [6.07, 6.45) is 1.53. The highest BCUT2D eigenvalue weighted by atomic mass is 16.5. The van der Waals surface area contributed by atoms with Crippen molar-refractivity contribution < 1.29 is 19.1 Å². The zero-order chi connectivity index (χ0) is 23.5. The Kier molecular flexibility index (Phi) is 8.48. The van der Waals surface area contributed by atoms with Crippen LogP contribution in [0.15, 0.2) is 89.1 Å². The minimum Gasteiger partial charge on any atom is -0.493 e. The molecule has 33 heavy (non-hydrogen) atoms. The number of amides is 1. The van der Waals surface area contributed by atoms with Crippen LogP contribution in [0.1, 0.15) is 28.4 Å². The van der Waals surface area contributed by atoms with Gasteiger partial charge in [-0.3, -0.25) is 9.59 Å². The van der Waals surface area contributed by atoms with Crippen LogP contribution in [0, 0.1) is 0 Å². The van der Waals surface area contributed by atoms with Crippen molar-refractivity contribution >= 4 is 23.6 Å². The van der Waals surface area contributed by atoms with Crippen LogP contribution in [0.4, 0.5) is 0 Å². The predicted octanol–water partition coefficient (Wildman–Crippen LogP) is 3.92. The van der Waals surface area contributed by atoms with Crippen molar-refractivity contribution in [1.82, 2.24) is 5.32 Å². The third-order valence-electron chi connectivity index (χ3n) is 4.58. The molecule has 0 aliphatic carbocycles. The molecule has 168 valence electrons. The zero-order valence-corrected chi connectivity index (χ0v) is 18.5. The molecule has 1 amide bonds. The molecule has 0 spiro atoms. The molecule has 0 radical (unpaired) electrons. The van der Waals surface area contributed by atoms with Crippen LogP contribution in [-0.2, 0) is 4.79 Å². The third kappa shape index (κ3) is 6.61. The quantitative estimate of drug-likeness (QED) is 0.292. The largest absolute Gasteiger partial charge is 0.493 e. The van der Waals surface area contributed by atoms with Gasteiger partial charge in [-0.25, -0.2) is 0 Å². The van der Waals surface area contributed by atoms with Crippen molar-refractivity contribution in [2.24, 2.45) is 10.2 Å². The standard InChI is InChI=1S/C26H25N3O4/c1-3-27-24(30)18-33-22-15-14-19(16-23(22)32-2)17-28-29-25(20-10-6-4-7-11-20)26(31)21-12-8-5-9-13-21/h4-17H,3,18H2,1-2H3,(H,27,30)/b28-17+,29-25+. The maximum atomic E-state index is 13.0. The molecule has 0 bridgehead atoms. The Morgan fingerprint density at radius 1 is 0.909 bits per heavy atom. The van der Waals surface area contributed by atoms with Crippen molar-refractivity contribution in [2.45, 2.75) is 6.92 Å². The summed E-state index contributed by atoms with van der Waals surface area (Å²) >= 11 is 0. The van der Waals surface area contributed by atoms with Crippen molar-refractivity contribution in [3.05, 3.63) is 95.6 Å². The van der Waals surface area contributed by atoms with Gasteiger partial charge in [-0.1, -0.05) is 60.7 Å². The Hall–Kier alpha value is -4.26. The first-order chi connectivity index (χ1) is 16.1. The molecule has 0 saturated heterocycles. The second kappa shape index (κ2) is 12.0. The van der Waals surface area contributed by atoms with E-state index in [-0.39, 0.29) is 24.0 Å². The van der Waals surface area contributed by atoms with Crippen molar-refractivity contribution in [3.63, 3.8) is 0 Å². The molecule has 7 nitrogen and oxygen atoms in total. The smallest absolute Gasteiger partial charge is 0.257 e. The minimum atomic E-state index is -0.217. The predicted molar refractivity (Wildman–Crippen MR) is 129 cm³/mol. The summed E-state index contributed by atoms with van der Waals surface area (Å²) in [7, 11) is 1.51. The first kappa shape index (κ1) is 23.4. The third-order valence-corrected chi connectivity index (χ3v) is 4.58. The summed E-state index contributed by atoms with van der Waals surface area (Å²) in [5, 5.41) is 11.1. The fourth-order valence-electron chi connectivity index (χ4n) is 2.98. The molecule has 0 fully saturated rings. The van der Waals surface area contributed by atoms with E-state index < -0.39 is 0 Å². The summed E-state index contributed by atoms with van der Waals surface area (Å²) in [5.41, 5.74) is 2.15. The van der Waals surface area contributed by atoms with Gasteiger partial charge in [-0.05, 0) is 30.7 Å². The first-order valence-corrected chi connectivity index (χ1v) is 10.5. The second-order valence-corrected chi connectivity index (χ2v) is 6.91. The van der Waals surface area contributed by atoms with Gasteiger partial charge in [0, 0.05) is 17.7 Å². The van der Waals surface area contributed by atoms with E-state index in [1.54, 1.807) is 42.5 Å². The van der Waals surface area contributed by atoms with E-state index in [2.05, 4.69) is 15.5 Å². The molecular weight excluding hydrogens is 418 g/mol. The monoisotopic (exact) mass is 443 g/mol. The number of rotatable bonds is 10. The van der Waals surface area contributed by atoms with Gasteiger partial charge in [0.15, 0.2) is 18.1 Å². The van der Waals surface area contributed by atoms with Crippen molar-refractivity contribution in [3.8, 4) is 11.5 Å². The normalized spacial score (nSPS) is 11.3. The molecule has 0 aliphatic heterocycles. The van der Waals surface area contributed by atoms with Crippen molar-refractivity contribution in [1.29, 1.82) is 0 Å². The Morgan fingerprint density at radius 2 is 1.58 bits per heavy atom. The summed E-state index contributed by atoms with van der Waals surface area (Å²) in [6.45, 7) is 2.27. The molecule has 3 rings (SSSR count). The Labute approximate surface area is 192 Å². The minimum absolute atomic E-state index is 0.107. The number of likely N-dealkylation sites (N-methyl/N-ethyl adjacent to an activating group) is 1. The highest BCUT2D eigenvalue weighted by molar-refractivity contribution is 6.51. The topological polar surface area (TPSA) is 89.4 Å². The van der Waals surface area contributed by atoms with Gasteiger partial charge in [0.05, 0.1) is 13.3 Å². The molecule has 0 aliphatic rings. The molecular formula is C26H25N3O4. The summed E-state index contributed by atoms with van der Waals surface area (Å²) in [5.74, 6) is 0.464. The lowest BCUT2D eigenvalue weighted by molar-refractivity contribution is -0.123. The fourth-order valence-corrected chi connectivity index (χ4v) is 2.98. The first-order valence-electron chi connectivity index (χ1n) is 10.5. The van der Waals surface area contributed by atoms with Crippen LogP contribution in [0.3, 0.4) is 0 Å². The van der Waals surface area contributed by atoms with Crippen molar-refractivity contribution in [2.75, 3.05) is 20.3 Å². The van der Waals surface area contributed by atoms with E-state index in [0.717, 1.165) is 0 Å². The van der Waals surface area contributed by atoms with E-state index in [1.807, 2.05) is 43.3 Å². The highest BCUT2D eigenvalue weighted by Gasteiger charge is 2.16. The molecule has 0 atom stereocenters. The number of hydrogen-bond acceptors (Lipinski definition) is 6. The Balaban J connectivity index is 1.82. The van der Waals surface area contributed by atoms with Crippen LogP contribution in [-0.4, -0.2) is 43.9 Å². The maximum absolute atomic E-state index is 13.0. The summed E-state index contributed by atoms with van der Waals surface area (Å²) in [6, 6.07) is 23.3. The van der Waals surface area contributed by atoms with Gasteiger partial charge in [0.1, 0.15) is 5.71 Å². The lowest BCUT2D eigenvalue weighted by atomic mass is 10.0. The van der Waals surface area contributed by atoms with E-state index in [9.17, 15) is 9.59 Å². The number of carbonyl (C=O) groups is 2. The van der Waals surface area contributed by atoms with Gasteiger partial charge in [-0.15, -0.1) is 5.10 Å². The number of carbonyl (C=O) groups excluding carboxylic acids is 2. The second-order valence-electron chi connectivity index (χ2n) is 6.91. The van der Waals surface area contributed by atoms with Gasteiger partial charge in [0.25, 0.3) is 5.91 Å².